The molecule has 6 atom stereocenters. The molecular weight excluding hydrogens is 1810 g/mol. The van der Waals surface area contributed by atoms with Gasteiger partial charge in [-0.15, -0.1) is 0 Å². The van der Waals surface area contributed by atoms with Crippen LogP contribution in [-0.4, -0.2) is 190 Å². The molecule has 26 nitrogen and oxygen atoms in total. The van der Waals surface area contributed by atoms with Crippen molar-refractivity contribution in [1.29, 1.82) is 0 Å². The molecule has 12 aromatic rings. The van der Waals surface area contributed by atoms with Gasteiger partial charge in [-0.25, -0.2) is 76.1 Å². The number of halogens is 7. The number of anilines is 4. The van der Waals surface area contributed by atoms with E-state index in [1.54, 1.807) is 88.8 Å². The van der Waals surface area contributed by atoms with Crippen LogP contribution >= 0.6 is 63.0 Å². The summed E-state index contributed by atoms with van der Waals surface area (Å²) in [4.78, 5) is 135. The molecule has 3 aliphatic heterocycles. The number of hydrogen-bond acceptors (Lipinski definition) is 21. The van der Waals surface area contributed by atoms with Gasteiger partial charge in [-0.2, -0.15) is 15.0 Å². The normalized spacial score (nSPS) is 17.1. The third-order valence-electron chi connectivity index (χ3n) is 23.7. The average molecular weight is 1920 g/mol. The van der Waals surface area contributed by atoms with Crippen molar-refractivity contribution in [2.45, 2.75) is 184 Å². The molecule has 2 amide bonds. The average Bonchev–Trinajstić information content (AvgIpc) is 0.764. The van der Waals surface area contributed by atoms with Crippen LogP contribution in [-0.2, 0) is 9.59 Å². The molecule has 0 aliphatic carbocycles. The fourth-order valence-corrected chi connectivity index (χ4v) is 18.5. The molecule has 9 aromatic heterocycles. The Kier molecular flexibility index (Phi) is 29.4. The largest absolute Gasteiger partial charge is 0.356 e. The Bertz CT molecular complexity index is 6670. The molecule has 15 rings (SSSR count). The van der Waals surface area contributed by atoms with Crippen LogP contribution in [0.1, 0.15) is 174 Å². The van der Waals surface area contributed by atoms with Gasteiger partial charge in [-0.05, 0) is 178 Å². The Hall–Kier alpha value is -11.8. The van der Waals surface area contributed by atoms with Crippen LogP contribution in [0.3, 0.4) is 0 Å². The van der Waals surface area contributed by atoms with E-state index in [0.717, 1.165) is 11.3 Å². The van der Waals surface area contributed by atoms with Gasteiger partial charge in [0.05, 0.1) is 93.8 Å². The summed E-state index contributed by atoms with van der Waals surface area (Å²) in [6.45, 7) is 47.9. The van der Waals surface area contributed by atoms with E-state index in [4.69, 9.17) is 71.9 Å². The van der Waals surface area contributed by atoms with Gasteiger partial charge in [0, 0.05) is 113 Å². The molecular formula is C97H106BrCl3F3N21O5S. The number of aryl methyl sites for hydroxylation is 1. The first-order valence-corrected chi connectivity index (χ1v) is 45.8. The third-order valence-corrected chi connectivity index (χ3v) is 25.3. The first-order chi connectivity index (χ1) is 62.1. The maximum absolute atomic E-state index is 15.2. The summed E-state index contributed by atoms with van der Waals surface area (Å²) in [6.07, 6.45) is 6.04. The van der Waals surface area contributed by atoms with E-state index < -0.39 is 34.5 Å². The van der Waals surface area contributed by atoms with E-state index >= 15 is 8.78 Å². The number of rotatable bonds is 18. The van der Waals surface area contributed by atoms with Gasteiger partial charge >= 0.3 is 17.1 Å². The fourth-order valence-electron chi connectivity index (χ4n) is 17.1. The second-order valence-corrected chi connectivity index (χ2v) is 37.5. The predicted octanol–water partition coefficient (Wildman–Crippen LogP) is 19.1. The highest BCUT2D eigenvalue weighted by Crippen LogP contribution is 2.43. The number of carbonyl (C=O) groups is 2. The number of carbonyl (C=O) groups excluding carboxylic acids is 2. The molecule has 0 saturated carbocycles. The van der Waals surface area contributed by atoms with Crippen molar-refractivity contribution in [3.8, 4) is 50.8 Å². The van der Waals surface area contributed by atoms with Crippen molar-refractivity contribution in [2.75, 3.05) is 73.0 Å². The number of aromatic nitrogens is 14. The van der Waals surface area contributed by atoms with Gasteiger partial charge in [0.2, 0.25) is 17.8 Å². The summed E-state index contributed by atoms with van der Waals surface area (Å²) in [6, 6.07) is 24.9. The lowest BCUT2D eigenvalue weighted by molar-refractivity contribution is -0.129. The zero-order valence-electron chi connectivity index (χ0n) is 76.7. The molecule has 3 saturated heterocycles. The van der Waals surface area contributed by atoms with Crippen LogP contribution in [0.15, 0.2) is 160 Å². The molecule has 0 spiro atoms. The number of hydrogen-bond donors (Lipinski definition) is 0. The number of amides is 2. The Morgan fingerprint density at radius 2 is 0.809 bits per heavy atom. The second kappa shape index (κ2) is 39.7. The SMILES string of the molecule is C=CC(=O)N1CC(C)N(c2nc(=O)n(-c3c(C(C)C)nc(Br)nc3C(C)C)c3nc(-c4ccccc4F)c(Cl)cc23)CC1C.C=CC(=O)N1CC(C)N(c2nc(=O)n(-c3c(C(C)C)nc(N(C)C)nc3C(C)C)c3nc(-c4ccccc4F)c(Cl)cc23)CC1C.C=CC(=S)N1CC(C)N(c2nc(=O)n(-c3c(C)ccnc3C(C)C)c3nc(-c4cccc(F)c4)c(Cl)cc23)CC1C. The van der Waals surface area contributed by atoms with Crippen LogP contribution < -0.4 is 36.7 Å². The lowest BCUT2D eigenvalue weighted by Crippen LogP contribution is -2.58. The van der Waals surface area contributed by atoms with Crippen molar-refractivity contribution < 1.29 is 22.8 Å². The molecule has 3 aromatic carbocycles. The van der Waals surface area contributed by atoms with E-state index in [0.29, 0.717) is 150 Å². The summed E-state index contributed by atoms with van der Waals surface area (Å²) in [5, 5.41) is 2.37. The molecule has 3 aliphatic rings. The zero-order chi connectivity index (χ0) is 95.2. The van der Waals surface area contributed by atoms with E-state index in [1.165, 1.54) is 50.1 Å². The maximum Gasteiger partial charge on any atom is 0.355 e. The van der Waals surface area contributed by atoms with Gasteiger partial charge in [0.25, 0.3) is 0 Å². The van der Waals surface area contributed by atoms with E-state index in [9.17, 15) is 28.4 Å². The van der Waals surface area contributed by atoms with Crippen LogP contribution in [0.4, 0.5) is 36.6 Å². The Morgan fingerprint density at radius 1 is 0.450 bits per heavy atom. The summed E-state index contributed by atoms with van der Waals surface area (Å²) >= 11 is 29.5. The monoisotopic (exact) mass is 1920 g/mol. The van der Waals surface area contributed by atoms with Crippen molar-refractivity contribution in [1.82, 2.24) is 83.2 Å². The molecule has 3 fully saturated rings. The highest BCUT2D eigenvalue weighted by Gasteiger charge is 2.40. The number of nitrogens with zero attached hydrogens (tertiary/aromatic N) is 21. The van der Waals surface area contributed by atoms with Crippen LogP contribution in [0.25, 0.3) is 83.9 Å². The predicted molar refractivity (Wildman–Crippen MR) is 525 cm³/mol. The standard InChI is InChI=1S/C34H40ClFN8O2.C32H34BrClFN7O2.C31H32ClFN6OS/c1-10-26(45)42-16-21(7)43(17-20(42)6)31-23-15-24(35)29(22-13-11-12-14-25(22)36)37-32(23)44(34(46)40-31)30-27(18(2)3)38-33(41(8)9)39-28(30)19(4)5;1-8-24(43)40-14-19(7)41(15-18(40)6)29-21-13-22(34)27(20-11-9-10-12-23(20)35)36-30(21)42(32(44)39-29)28-25(16(2)3)37-31(33)38-26(28)17(4)5;1-7-25(41)37-15-20(6)38(16-19(37)5)29-23-14-24(32)27(21-9-8-10-22(33)13-21)35-30(23)39(31(40)36-29)28-18(4)11-12-34-26(28)17(2)3/h10-15,18-21H,1,16-17H2,2-9H3;8-13,16-19H,1,14-15H2,2-7H3;7-14,17,19-20H,1,15-16H2,2-6H3. The van der Waals surface area contributed by atoms with Gasteiger partial charge < -0.3 is 34.3 Å². The van der Waals surface area contributed by atoms with Gasteiger partial charge in [0.15, 0.2) is 21.7 Å². The maximum atomic E-state index is 15.2. The van der Waals surface area contributed by atoms with Crippen molar-refractivity contribution in [3.63, 3.8) is 0 Å². The highest BCUT2D eigenvalue weighted by molar-refractivity contribution is 9.10. The molecule has 0 N–H and O–H groups in total. The first-order valence-electron chi connectivity index (χ1n) is 43.5. The molecule has 0 radical (unpaired) electrons. The third kappa shape index (κ3) is 19.2. The highest BCUT2D eigenvalue weighted by atomic mass is 79.9. The quantitative estimate of drug-likeness (QED) is 0.0439. The minimum Gasteiger partial charge on any atom is -0.356 e. The van der Waals surface area contributed by atoms with Crippen LogP contribution in [0.5, 0.6) is 0 Å². The fraction of sp³-hybridized carbons (Fsp3) is 0.371. The minimum absolute atomic E-state index is 0.0249. The number of thiocarbonyl (C=S) groups is 1. The summed E-state index contributed by atoms with van der Waals surface area (Å²) in [7, 11) is 3.74. The lowest BCUT2D eigenvalue weighted by Gasteiger charge is -2.45. The topological polar surface area (TPSA) is 265 Å². The van der Waals surface area contributed by atoms with Crippen LogP contribution in [0, 0.1) is 24.4 Å². The van der Waals surface area contributed by atoms with Gasteiger partial charge in [-0.3, -0.25) is 14.6 Å². The summed E-state index contributed by atoms with van der Waals surface area (Å²) in [5.41, 5.74) is 6.76. The molecule has 34 heteroatoms. The smallest absolute Gasteiger partial charge is 0.355 e. The number of piperazine rings is 3. The Labute approximate surface area is 788 Å². The van der Waals surface area contributed by atoms with Crippen molar-refractivity contribution >= 4 is 136 Å². The zero-order valence-corrected chi connectivity index (χ0v) is 81.4. The lowest BCUT2D eigenvalue weighted by atomic mass is 10.0. The van der Waals surface area contributed by atoms with Crippen molar-refractivity contribution in [2.24, 2.45) is 0 Å². The number of fused-ring (bicyclic) bond motifs is 3. The number of benzene rings is 3. The van der Waals surface area contributed by atoms with E-state index in [1.807, 2.05) is 139 Å². The van der Waals surface area contributed by atoms with Gasteiger partial charge in [0.1, 0.15) is 39.9 Å². The van der Waals surface area contributed by atoms with Crippen LogP contribution in [0.2, 0.25) is 15.1 Å². The summed E-state index contributed by atoms with van der Waals surface area (Å²) in [5.74, 6) is -0.234. The minimum atomic E-state index is -0.582. The molecule has 684 valence electrons. The molecule has 6 unspecified atom stereocenters. The molecule has 0 bridgehead atoms. The van der Waals surface area contributed by atoms with Crippen molar-refractivity contribution in [3.05, 3.63) is 244 Å². The molecule has 131 heavy (non-hydrogen) atoms. The molecule has 12 heterocycles. The number of pyridine rings is 4. The second-order valence-electron chi connectivity index (χ2n) is 35.1. The summed E-state index contributed by atoms with van der Waals surface area (Å²) < 4.78 is 49.3. The van der Waals surface area contributed by atoms with E-state index in [-0.39, 0.29) is 122 Å². The first kappa shape index (κ1) is 96.8. The van der Waals surface area contributed by atoms with E-state index in [2.05, 4.69) is 89.2 Å². The Balaban J connectivity index is 0.000000168. The van der Waals surface area contributed by atoms with Gasteiger partial charge in [-0.1, -0.05) is 172 Å². The Morgan fingerprint density at radius 3 is 1.18 bits per heavy atom.